The van der Waals surface area contributed by atoms with Crippen LogP contribution in [0.1, 0.15) is 30.1 Å². The Hall–Kier alpha value is -1.94. The van der Waals surface area contributed by atoms with E-state index >= 15 is 0 Å². The Morgan fingerprint density at radius 1 is 1.09 bits per heavy atom. The highest BCUT2D eigenvalue weighted by Crippen LogP contribution is 2.40. The second kappa shape index (κ2) is 5.69. The van der Waals surface area contributed by atoms with E-state index in [0.717, 1.165) is 37.7 Å². The first-order valence-electron chi connectivity index (χ1n) is 8.21. The van der Waals surface area contributed by atoms with Crippen LogP contribution in [0.15, 0.2) is 30.5 Å². The van der Waals surface area contributed by atoms with Gasteiger partial charge in [0.2, 0.25) is 0 Å². The quantitative estimate of drug-likeness (QED) is 0.945. The molecule has 0 bridgehead atoms. The monoisotopic (exact) mass is 294 g/mol. The maximum Gasteiger partial charge on any atom is 0.132 e. The minimum atomic E-state index is 0.585. The second-order valence-electron chi connectivity index (χ2n) is 6.34. The van der Waals surface area contributed by atoms with Gasteiger partial charge in [-0.2, -0.15) is 0 Å². The van der Waals surface area contributed by atoms with E-state index in [0.29, 0.717) is 5.92 Å². The van der Waals surface area contributed by atoms with Crippen LogP contribution in [0.5, 0.6) is 0 Å². The zero-order chi connectivity index (χ0) is 14.9. The summed E-state index contributed by atoms with van der Waals surface area (Å²) >= 11 is 0. The predicted octanol–water partition coefficient (Wildman–Crippen LogP) is 2.74. The molecule has 114 valence electrons. The third-order valence-electron chi connectivity index (χ3n) is 4.51. The van der Waals surface area contributed by atoms with Gasteiger partial charge in [-0.05, 0) is 19.8 Å². The van der Waals surface area contributed by atoms with Crippen molar-refractivity contribution >= 4 is 5.69 Å². The van der Waals surface area contributed by atoms with Crippen molar-refractivity contribution in [1.29, 1.82) is 0 Å². The first-order valence-corrected chi connectivity index (χ1v) is 8.21. The Bertz CT molecular complexity index is 655. The molecule has 2 aliphatic rings. The summed E-state index contributed by atoms with van der Waals surface area (Å²) in [6, 6.07) is 8.69. The fraction of sp³-hybridized carbons (Fsp3) is 0.444. The van der Waals surface area contributed by atoms with Gasteiger partial charge in [0.15, 0.2) is 0 Å². The third-order valence-corrected chi connectivity index (χ3v) is 4.51. The molecule has 1 N–H and O–H groups in total. The Morgan fingerprint density at radius 2 is 1.82 bits per heavy atom. The molecule has 4 nitrogen and oxygen atoms in total. The topological polar surface area (TPSA) is 41.1 Å². The lowest BCUT2D eigenvalue weighted by atomic mass is 10.1. The highest BCUT2D eigenvalue weighted by atomic mass is 15.2. The maximum atomic E-state index is 4.94. The lowest BCUT2D eigenvalue weighted by Gasteiger charge is -2.30. The van der Waals surface area contributed by atoms with Crippen LogP contribution in [-0.2, 0) is 0 Å². The molecule has 1 saturated heterocycles. The number of piperazine rings is 1. The van der Waals surface area contributed by atoms with Crippen LogP contribution in [0.2, 0.25) is 0 Å². The van der Waals surface area contributed by atoms with E-state index in [9.17, 15) is 0 Å². The molecule has 2 heterocycles. The van der Waals surface area contributed by atoms with Gasteiger partial charge in [0.05, 0.1) is 17.6 Å². The van der Waals surface area contributed by atoms with Gasteiger partial charge in [0, 0.05) is 37.7 Å². The van der Waals surface area contributed by atoms with Crippen molar-refractivity contribution in [2.24, 2.45) is 0 Å². The Morgan fingerprint density at radius 3 is 2.50 bits per heavy atom. The molecular weight excluding hydrogens is 272 g/mol. The lowest BCUT2D eigenvalue weighted by molar-refractivity contribution is 0.588. The standard InChI is InChI=1S/C18H22N4/c1-13-2-4-14(5-3-13)17-16(22-10-8-19-9-11-22)12-20-18(21-17)15-6-7-15/h2-5,12,15,19H,6-11H2,1H3. The van der Waals surface area contributed by atoms with Crippen molar-refractivity contribution < 1.29 is 0 Å². The normalized spacial score (nSPS) is 18.5. The van der Waals surface area contributed by atoms with E-state index in [1.807, 2.05) is 6.20 Å². The van der Waals surface area contributed by atoms with Gasteiger partial charge < -0.3 is 10.2 Å². The van der Waals surface area contributed by atoms with Gasteiger partial charge in [0.25, 0.3) is 0 Å². The van der Waals surface area contributed by atoms with E-state index < -0.39 is 0 Å². The van der Waals surface area contributed by atoms with Crippen molar-refractivity contribution in [3.05, 3.63) is 41.9 Å². The number of benzene rings is 1. The molecule has 0 unspecified atom stereocenters. The number of nitrogens with zero attached hydrogens (tertiary/aromatic N) is 3. The number of anilines is 1. The molecule has 1 aliphatic heterocycles. The number of aryl methyl sites for hydroxylation is 1. The molecule has 1 aliphatic carbocycles. The van der Waals surface area contributed by atoms with Crippen molar-refractivity contribution in [2.75, 3.05) is 31.1 Å². The SMILES string of the molecule is Cc1ccc(-c2nc(C3CC3)ncc2N2CCNCC2)cc1. The molecule has 4 heteroatoms. The van der Waals surface area contributed by atoms with Crippen molar-refractivity contribution in [3.63, 3.8) is 0 Å². The van der Waals surface area contributed by atoms with Crippen LogP contribution in [0.25, 0.3) is 11.3 Å². The minimum absolute atomic E-state index is 0.585. The summed E-state index contributed by atoms with van der Waals surface area (Å²) in [7, 11) is 0. The van der Waals surface area contributed by atoms with Crippen LogP contribution in [-0.4, -0.2) is 36.1 Å². The van der Waals surface area contributed by atoms with E-state index in [2.05, 4.69) is 46.4 Å². The summed E-state index contributed by atoms with van der Waals surface area (Å²) in [5, 5.41) is 3.41. The molecule has 0 amide bonds. The van der Waals surface area contributed by atoms with Gasteiger partial charge in [-0.1, -0.05) is 29.8 Å². The summed E-state index contributed by atoms with van der Waals surface area (Å²) in [6.07, 6.45) is 4.52. The third kappa shape index (κ3) is 2.71. The fourth-order valence-corrected chi connectivity index (χ4v) is 2.99. The first-order chi connectivity index (χ1) is 10.8. The molecule has 1 saturated carbocycles. The van der Waals surface area contributed by atoms with Gasteiger partial charge in [-0.25, -0.2) is 9.97 Å². The molecule has 1 aromatic heterocycles. The number of aromatic nitrogens is 2. The molecule has 0 spiro atoms. The summed E-state index contributed by atoms with van der Waals surface area (Å²) in [6.45, 7) is 6.21. The van der Waals surface area contributed by atoms with Gasteiger partial charge in [0.1, 0.15) is 5.82 Å². The summed E-state index contributed by atoms with van der Waals surface area (Å²) in [4.78, 5) is 12.0. The fourth-order valence-electron chi connectivity index (χ4n) is 2.99. The second-order valence-corrected chi connectivity index (χ2v) is 6.34. The van der Waals surface area contributed by atoms with Gasteiger partial charge in [-0.15, -0.1) is 0 Å². The molecule has 4 rings (SSSR count). The van der Waals surface area contributed by atoms with E-state index in [1.54, 1.807) is 0 Å². The molecule has 1 aromatic carbocycles. The van der Waals surface area contributed by atoms with E-state index in [1.165, 1.54) is 29.7 Å². The summed E-state index contributed by atoms with van der Waals surface area (Å²) in [5.74, 6) is 1.61. The number of hydrogen-bond donors (Lipinski definition) is 1. The van der Waals surface area contributed by atoms with Crippen molar-refractivity contribution in [3.8, 4) is 11.3 Å². The van der Waals surface area contributed by atoms with E-state index in [4.69, 9.17) is 4.98 Å². The Kier molecular flexibility index (Phi) is 3.54. The Balaban J connectivity index is 1.77. The Labute approximate surface area is 131 Å². The van der Waals surface area contributed by atoms with Crippen LogP contribution >= 0.6 is 0 Å². The van der Waals surface area contributed by atoms with Crippen LogP contribution in [0, 0.1) is 6.92 Å². The first kappa shape index (κ1) is 13.7. The summed E-state index contributed by atoms with van der Waals surface area (Å²) < 4.78 is 0. The van der Waals surface area contributed by atoms with Crippen LogP contribution < -0.4 is 10.2 Å². The number of nitrogens with one attached hydrogen (secondary N) is 1. The van der Waals surface area contributed by atoms with Crippen molar-refractivity contribution in [1.82, 2.24) is 15.3 Å². The number of rotatable bonds is 3. The molecular formula is C18H22N4. The predicted molar refractivity (Wildman–Crippen MR) is 89.3 cm³/mol. The zero-order valence-electron chi connectivity index (χ0n) is 13.0. The molecule has 2 fully saturated rings. The number of hydrogen-bond acceptors (Lipinski definition) is 4. The van der Waals surface area contributed by atoms with Gasteiger partial charge in [-0.3, -0.25) is 0 Å². The molecule has 0 radical (unpaired) electrons. The van der Waals surface area contributed by atoms with Crippen molar-refractivity contribution in [2.45, 2.75) is 25.7 Å². The van der Waals surface area contributed by atoms with E-state index in [-0.39, 0.29) is 0 Å². The zero-order valence-corrected chi connectivity index (χ0v) is 13.0. The van der Waals surface area contributed by atoms with Crippen LogP contribution in [0.3, 0.4) is 0 Å². The van der Waals surface area contributed by atoms with Crippen LogP contribution in [0.4, 0.5) is 5.69 Å². The highest BCUT2D eigenvalue weighted by Gasteiger charge is 2.28. The minimum Gasteiger partial charge on any atom is -0.366 e. The largest absolute Gasteiger partial charge is 0.366 e. The highest BCUT2D eigenvalue weighted by molar-refractivity contribution is 5.74. The smallest absolute Gasteiger partial charge is 0.132 e. The maximum absolute atomic E-state index is 4.94. The lowest BCUT2D eigenvalue weighted by Crippen LogP contribution is -2.43. The average molecular weight is 294 g/mol. The molecule has 0 atom stereocenters. The summed E-state index contributed by atoms with van der Waals surface area (Å²) in [5.41, 5.74) is 4.75. The molecule has 22 heavy (non-hydrogen) atoms. The molecule has 2 aromatic rings. The average Bonchev–Trinajstić information content (AvgIpc) is 3.41. The van der Waals surface area contributed by atoms with Gasteiger partial charge >= 0.3 is 0 Å².